The van der Waals surface area contributed by atoms with Gasteiger partial charge in [0.25, 0.3) is 5.69 Å². The summed E-state index contributed by atoms with van der Waals surface area (Å²) in [6.45, 7) is 6.68. The Bertz CT molecular complexity index is 533. The third-order valence-corrected chi connectivity index (χ3v) is 2.53. The van der Waals surface area contributed by atoms with E-state index >= 15 is 0 Å². The normalized spacial score (nSPS) is 12.4. The summed E-state index contributed by atoms with van der Waals surface area (Å²) in [6, 6.07) is 4.60. The van der Waals surface area contributed by atoms with E-state index in [0.717, 1.165) is 4.90 Å². The fourth-order valence-electron chi connectivity index (χ4n) is 1.61. The number of aldehydes is 1. The number of hydrogen-bond donors (Lipinski definition) is 0. The van der Waals surface area contributed by atoms with Crippen LogP contribution in [-0.2, 0) is 9.53 Å². The largest absolute Gasteiger partial charge is 0.443 e. The topological polar surface area (TPSA) is 89.8 Å². The Hall–Kier alpha value is -2.44. The number of benzene rings is 1. The molecule has 0 fully saturated rings. The van der Waals surface area contributed by atoms with Crippen LogP contribution in [0.4, 0.5) is 16.2 Å². The van der Waals surface area contributed by atoms with Crippen molar-refractivity contribution in [2.45, 2.75) is 39.3 Å². The van der Waals surface area contributed by atoms with Crippen molar-refractivity contribution in [3.05, 3.63) is 34.4 Å². The highest BCUT2D eigenvalue weighted by Crippen LogP contribution is 2.23. The van der Waals surface area contributed by atoms with E-state index in [0.29, 0.717) is 12.0 Å². The first-order valence-corrected chi connectivity index (χ1v) is 6.37. The van der Waals surface area contributed by atoms with Gasteiger partial charge in [0.05, 0.1) is 11.0 Å². The van der Waals surface area contributed by atoms with Gasteiger partial charge in [0.2, 0.25) is 0 Å². The van der Waals surface area contributed by atoms with Crippen molar-refractivity contribution in [1.29, 1.82) is 0 Å². The molecule has 0 saturated heterocycles. The van der Waals surface area contributed by atoms with Gasteiger partial charge in [0, 0.05) is 17.8 Å². The van der Waals surface area contributed by atoms with Crippen LogP contribution >= 0.6 is 0 Å². The number of ether oxygens (including phenoxy) is 1. The highest BCUT2D eigenvalue weighted by molar-refractivity contribution is 5.92. The molecule has 0 radical (unpaired) electrons. The van der Waals surface area contributed by atoms with Crippen LogP contribution in [0.15, 0.2) is 24.3 Å². The Morgan fingerprint density at radius 1 is 1.33 bits per heavy atom. The number of nitro benzene ring substituents is 1. The first kappa shape index (κ1) is 16.6. The molecule has 0 heterocycles. The number of amides is 1. The van der Waals surface area contributed by atoms with Gasteiger partial charge in [-0.05, 0) is 39.8 Å². The second-order valence-electron chi connectivity index (χ2n) is 5.50. The first-order valence-electron chi connectivity index (χ1n) is 6.37. The second kappa shape index (κ2) is 6.34. The average Bonchev–Trinajstić information content (AvgIpc) is 2.37. The number of non-ortho nitro benzene ring substituents is 1. The molecular weight excluding hydrogens is 276 g/mol. The second-order valence-corrected chi connectivity index (χ2v) is 5.50. The van der Waals surface area contributed by atoms with E-state index < -0.39 is 22.7 Å². The molecule has 0 aliphatic heterocycles. The zero-order valence-corrected chi connectivity index (χ0v) is 12.4. The molecule has 0 bridgehead atoms. The lowest BCUT2D eigenvalue weighted by molar-refractivity contribution is -0.384. The summed E-state index contributed by atoms with van der Waals surface area (Å²) in [4.78, 5) is 34.5. The van der Waals surface area contributed by atoms with E-state index in [4.69, 9.17) is 4.74 Å². The van der Waals surface area contributed by atoms with Crippen LogP contribution in [0.3, 0.4) is 0 Å². The van der Waals surface area contributed by atoms with Gasteiger partial charge in [0.15, 0.2) is 0 Å². The number of carbonyl (C=O) groups excluding carboxylic acids is 2. The van der Waals surface area contributed by atoms with Gasteiger partial charge in [-0.1, -0.05) is 0 Å². The molecule has 0 aliphatic rings. The van der Waals surface area contributed by atoms with Gasteiger partial charge < -0.3 is 9.53 Å². The van der Waals surface area contributed by atoms with Crippen LogP contribution < -0.4 is 4.90 Å². The summed E-state index contributed by atoms with van der Waals surface area (Å²) in [5.41, 5.74) is -0.449. The molecule has 7 heteroatoms. The lowest BCUT2D eigenvalue weighted by Crippen LogP contribution is -2.43. The molecular formula is C14H18N2O5. The molecule has 0 unspecified atom stereocenters. The molecule has 1 amide bonds. The van der Waals surface area contributed by atoms with Gasteiger partial charge in [-0.3, -0.25) is 15.0 Å². The Labute approximate surface area is 122 Å². The van der Waals surface area contributed by atoms with Gasteiger partial charge in [0.1, 0.15) is 11.9 Å². The monoisotopic (exact) mass is 294 g/mol. The quantitative estimate of drug-likeness (QED) is 0.484. The predicted molar refractivity (Wildman–Crippen MR) is 77.3 cm³/mol. The number of nitro groups is 1. The molecule has 1 atom stereocenters. The minimum atomic E-state index is -0.749. The Morgan fingerprint density at radius 3 is 2.24 bits per heavy atom. The number of hydrogen-bond acceptors (Lipinski definition) is 5. The maximum absolute atomic E-state index is 12.2. The Morgan fingerprint density at radius 2 is 1.86 bits per heavy atom. The van der Waals surface area contributed by atoms with E-state index in [1.807, 2.05) is 0 Å². The third kappa shape index (κ3) is 4.55. The number of anilines is 1. The molecule has 1 aromatic rings. The van der Waals surface area contributed by atoms with Crippen LogP contribution in [0, 0.1) is 10.1 Å². The molecule has 21 heavy (non-hydrogen) atoms. The van der Waals surface area contributed by atoms with E-state index in [9.17, 15) is 19.7 Å². The maximum Gasteiger partial charge on any atom is 0.415 e. The fourth-order valence-corrected chi connectivity index (χ4v) is 1.61. The van der Waals surface area contributed by atoms with E-state index in [2.05, 4.69) is 0 Å². The lowest BCUT2D eigenvalue weighted by Gasteiger charge is -2.29. The molecule has 1 rings (SSSR count). The lowest BCUT2D eigenvalue weighted by atomic mass is 10.2. The van der Waals surface area contributed by atoms with Crippen molar-refractivity contribution < 1.29 is 19.2 Å². The van der Waals surface area contributed by atoms with Crippen LogP contribution in [0.25, 0.3) is 0 Å². The zero-order chi connectivity index (χ0) is 16.2. The van der Waals surface area contributed by atoms with Gasteiger partial charge >= 0.3 is 6.09 Å². The van der Waals surface area contributed by atoms with Crippen LogP contribution in [-0.4, -0.2) is 28.9 Å². The van der Waals surface area contributed by atoms with E-state index in [1.54, 1.807) is 27.7 Å². The molecule has 0 N–H and O–H groups in total. The van der Waals surface area contributed by atoms with Gasteiger partial charge in [-0.2, -0.15) is 0 Å². The molecule has 0 saturated carbocycles. The number of carbonyl (C=O) groups is 2. The van der Waals surface area contributed by atoms with E-state index in [1.165, 1.54) is 24.3 Å². The van der Waals surface area contributed by atoms with Gasteiger partial charge in [-0.15, -0.1) is 0 Å². The summed E-state index contributed by atoms with van der Waals surface area (Å²) in [5, 5.41) is 10.6. The third-order valence-electron chi connectivity index (χ3n) is 2.53. The van der Waals surface area contributed by atoms with Crippen molar-refractivity contribution in [2.75, 3.05) is 4.90 Å². The summed E-state index contributed by atoms with van der Waals surface area (Å²) in [5.74, 6) is 0. The standard InChI is InChI=1S/C14H18N2O5/c1-10(9-17)15(13(18)21-14(2,3)4)11-5-7-12(8-6-11)16(19)20/h5-10H,1-4H3/t10-/m0/s1. The molecule has 0 aromatic heterocycles. The Balaban J connectivity index is 3.10. The molecule has 0 aliphatic carbocycles. The number of rotatable bonds is 4. The maximum atomic E-state index is 12.2. The average molecular weight is 294 g/mol. The summed E-state index contributed by atoms with van der Waals surface area (Å²) >= 11 is 0. The van der Waals surface area contributed by atoms with Crippen LogP contribution in [0.5, 0.6) is 0 Å². The number of nitrogens with zero attached hydrogens (tertiary/aromatic N) is 2. The highest BCUT2D eigenvalue weighted by Gasteiger charge is 2.27. The minimum absolute atomic E-state index is 0.0957. The van der Waals surface area contributed by atoms with Crippen molar-refractivity contribution in [3.8, 4) is 0 Å². The molecule has 7 nitrogen and oxygen atoms in total. The predicted octanol–water partition coefficient (Wildman–Crippen LogP) is 2.92. The van der Waals surface area contributed by atoms with Crippen LogP contribution in [0.1, 0.15) is 27.7 Å². The molecule has 0 spiro atoms. The van der Waals surface area contributed by atoms with Crippen LogP contribution in [0.2, 0.25) is 0 Å². The summed E-state index contributed by atoms with van der Waals surface area (Å²) < 4.78 is 5.25. The SMILES string of the molecule is C[C@@H](C=O)N(C(=O)OC(C)(C)C)c1ccc([N+](=O)[O-])cc1. The Kier molecular flexibility index (Phi) is 5.02. The van der Waals surface area contributed by atoms with Crippen molar-refractivity contribution in [1.82, 2.24) is 0 Å². The molecule has 114 valence electrons. The smallest absolute Gasteiger partial charge is 0.415 e. The molecule has 1 aromatic carbocycles. The fraction of sp³-hybridized carbons (Fsp3) is 0.429. The first-order chi connectivity index (χ1) is 9.65. The summed E-state index contributed by atoms with van der Waals surface area (Å²) in [7, 11) is 0. The highest BCUT2D eigenvalue weighted by atomic mass is 16.6. The van der Waals surface area contributed by atoms with Crippen molar-refractivity contribution in [3.63, 3.8) is 0 Å². The summed E-state index contributed by atoms with van der Waals surface area (Å²) in [6.07, 6.45) is -0.0818. The zero-order valence-electron chi connectivity index (χ0n) is 12.4. The van der Waals surface area contributed by atoms with E-state index in [-0.39, 0.29) is 5.69 Å². The van der Waals surface area contributed by atoms with Gasteiger partial charge in [-0.25, -0.2) is 4.79 Å². The minimum Gasteiger partial charge on any atom is -0.443 e. The van der Waals surface area contributed by atoms with Crippen molar-refractivity contribution >= 4 is 23.8 Å². The van der Waals surface area contributed by atoms with Crippen molar-refractivity contribution in [2.24, 2.45) is 0 Å².